The van der Waals surface area contributed by atoms with Crippen LogP contribution in [0.3, 0.4) is 0 Å². The second kappa shape index (κ2) is 6.14. The second-order valence-corrected chi connectivity index (χ2v) is 5.73. The maximum atomic E-state index is 11.9. The Bertz CT molecular complexity index is 525. The number of hydrogen-bond acceptors (Lipinski definition) is 3. The zero-order valence-corrected chi connectivity index (χ0v) is 12.6. The molecule has 2 N–H and O–H groups in total. The average molecular weight is 371 g/mol. The summed E-state index contributed by atoms with van der Waals surface area (Å²) in [5.74, 6) is -0.680. The Balaban J connectivity index is 1.92. The fourth-order valence-electron chi connectivity index (χ4n) is 1.87. The van der Waals surface area contributed by atoms with Gasteiger partial charge in [-0.15, -0.1) is 0 Å². The first-order chi connectivity index (χ1) is 9.04. The van der Waals surface area contributed by atoms with E-state index in [4.69, 9.17) is 0 Å². The summed E-state index contributed by atoms with van der Waals surface area (Å²) in [6.07, 6.45) is 0.705. The van der Waals surface area contributed by atoms with Crippen molar-refractivity contribution in [2.24, 2.45) is 11.0 Å². The SMILES string of the molecule is CC1=NNC(=O)[C@H](CC(=O)Nc2ccc(I)cc2)C1. The number of benzene rings is 1. The van der Waals surface area contributed by atoms with Crippen molar-refractivity contribution in [3.8, 4) is 0 Å². The molecule has 0 saturated carbocycles. The molecule has 2 amide bonds. The third-order valence-electron chi connectivity index (χ3n) is 2.83. The van der Waals surface area contributed by atoms with Crippen molar-refractivity contribution in [3.05, 3.63) is 27.8 Å². The summed E-state index contributed by atoms with van der Waals surface area (Å²) in [5, 5.41) is 6.64. The normalized spacial score (nSPS) is 18.5. The van der Waals surface area contributed by atoms with Crippen LogP contribution in [0.1, 0.15) is 19.8 Å². The molecule has 2 rings (SSSR count). The first-order valence-electron chi connectivity index (χ1n) is 5.93. The highest BCUT2D eigenvalue weighted by Gasteiger charge is 2.25. The fourth-order valence-corrected chi connectivity index (χ4v) is 2.23. The summed E-state index contributed by atoms with van der Waals surface area (Å²) in [6.45, 7) is 1.84. The molecular weight excluding hydrogens is 357 g/mol. The molecule has 5 nitrogen and oxygen atoms in total. The van der Waals surface area contributed by atoms with Crippen LogP contribution in [0.25, 0.3) is 0 Å². The van der Waals surface area contributed by atoms with Gasteiger partial charge in [0.25, 0.3) is 0 Å². The Morgan fingerprint density at radius 3 is 2.84 bits per heavy atom. The van der Waals surface area contributed by atoms with E-state index in [9.17, 15) is 9.59 Å². The van der Waals surface area contributed by atoms with Crippen LogP contribution in [0, 0.1) is 9.49 Å². The minimum Gasteiger partial charge on any atom is -0.326 e. The van der Waals surface area contributed by atoms with Gasteiger partial charge < -0.3 is 5.32 Å². The molecule has 1 aliphatic heterocycles. The van der Waals surface area contributed by atoms with Crippen LogP contribution in [0.5, 0.6) is 0 Å². The van der Waals surface area contributed by atoms with Crippen molar-refractivity contribution in [3.63, 3.8) is 0 Å². The zero-order valence-electron chi connectivity index (χ0n) is 10.4. The van der Waals surface area contributed by atoms with Gasteiger partial charge >= 0.3 is 0 Å². The molecule has 100 valence electrons. The number of halogens is 1. The lowest BCUT2D eigenvalue weighted by Gasteiger charge is -2.19. The predicted octanol–water partition coefficient (Wildman–Crippen LogP) is 2.13. The highest BCUT2D eigenvalue weighted by Crippen LogP contribution is 2.16. The summed E-state index contributed by atoms with van der Waals surface area (Å²) in [5.41, 5.74) is 4.01. The number of anilines is 1. The van der Waals surface area contributed by atoms with E-state index in [1.165, 1.54) is 0 Å². The van der Waals surface area contributed by atoms with E-state index in [0.717, 1.165) is 15.0 Å². The van der Waals surface area contributed by atoms with E-state index in [1.54, 1.807) is 0 Å². The van der Waals surface area contributed by atoms with Crippen molar-refractivity contribution in [2.45, 2.75) is 19.8 Å². The maximum absolute atomic E-state index is 11.9. The summed E-state index contributed by atoms with van der Waals surface area (Å²) in [7, 11) is 0. The lowest BCUT2D eigenvalue weighted by molar-refractivity contribution is -0.128. The number of nitrogens with one attached hydrogen (secondary N) is 2. The van der Waals surface area contributed by atoms with Gasteiger partial charge in [0.15, 0.2) is 0 Å². The zero-order chi connectivity index (χ0) is 13.8. The number of amides is 2. The number of nitrogens with zero attached hydrogens (tertiary/aromatic N) is 1. The number of carbonyl (C=O) groups excluding carboxylic acids is 2. The quantitative estimate of drug-likeness (QED) is 0.800. The molecule has 0 fully saturated rings. The summed E-state index contributed by atoms with van der Waals surface area (Å²) < 4.78 is 1.11. The van der Waals surface area contributed by atoms with Crippen molar-refractivity contribution in [2.75, 3.05) is 5.32 Å². The highest BCUT2D eigenvalue weighted by atomic mass is 127. The molecular formula is C13H14IN3O2. The molecule has 0 radical (unpaired) electrons. The van der Waals surface area contributed by atoms with E-state index < -0.39 is 0 Å². The number of hydrogen-bond donors (Lipinski definition) is 2. The van der Waals surface area contributed by atoms with Crippen LogP contribution >= 0.6 is 22.6 Å². The summed E-state index contributed by atoms with van der Waals surface area (Å²) in [6, 6.07) is 7.52. The molecule has 1 aromatic rings. The van der Waals surface area contributed by atoms with Crippen LogP contribution in [0.2, 0.25) is 0 Å². The number of rotatable bonds is 3. The minimum atomic E-state index is -0.332. The van der Waals surface area contributed by atoms with Crippen molar-refractivity contribution in [1.29, 1.82) is 0 Å². The standard InChI is InChI=1S/C13H14IN3O2/c1-8-6-9(13(19)17-16-8)7-12(18)15-11-4-2-10(14)3-5-11/h2-5,9H,6-7H2,1H3,(H,15,18)(H,17,19)/t9-/m0/s1. The average Bonchev–Trinajstić information content (AvgIpc) is 2.37. The summed E-state index contributed by atoms with van der Waals surface area (Å²) >= 11 is 2.20. The first-order valence-corrected chi connectivity index (χ1v) is 7.01. The molecule has 1 atom stereocenters. The van der Waals surface area contributed by atoms with E-state index in [1.807, 2.05) is 31.2 Å². The Morgan fingerprint density at radius 2 is 2.16 bits per heavy atom. The van der Waals surface area contributed by atoms with Crippen LogP contribution in [0.4, 0.5) is 5.69 Å². The van der Waals surface area contributed by atoms with Gasteiger partial charge in [-0.25, -0.2) is 5.43 Å². The van der Waals surface area contributed by atoms with Crippen molar-refractivity contribution in [1.82, 2.24) is 5.43 Å². The Hall–Kier alpha value is -1.44. The van der Waals surface area contributed by atoms with E-state index in [2.05, 4.69) is 38.4 Å². The fraction of sp³-hybridized carbons (Fsp3) is 0.308. The van der Waals surface area contributed by atoms with E-state index >= 15 is 0 Å². The van der Waals surface area contributed by atoms with Gasteiger partial charge in [-0.2, -0.15) is 5.10 Å². The Labute approximate surface area is 125 Å². The van der Waals surface area contributed by atoms with Gasteiger partial charge in [0.05, 0.1) is 5.92 Å². The molecule has 0 aliphatic carbocycles. The molecule has 0 bridgehead atoms. The lowest BCUT2D eigenvalue weighted by atomic mass is 9.96. The lowest BCUT2D eigenvalue weighted by Crippen LogP contribution is -2.35. The van der Waals surface area contributed by atoms with Gasteiger partial charge in [-0.1, -0.05) is 0 Å². The number of hydrazone groups is 1. The van der Waals surface area contributed by atoms with Gasteiger partial charge in [0, 0.05) is 21.4 Å². The Kier molecular flexibility index (Phi) is 4.52. The van der Waals surface area contributed by atoms with Gasteiger partial charge in [0.1, 0.15) is 0 Å². The molecule has 0 aromatic heterocycles. The molecule has 0 saturated heterocycles. The van der Waals surface area contributed by atoms with Crippen LogP contribution in [-0.2, 0) is 9.59 Å². The topological polar surface area (TPSA) is 70.6 Å². The third kappa shape index (κ3) is 4.02. The van der Waals surface area contributed by atoms with Gasteiger partial charge in [-0.3, -0.25) is 9.59 Å². The van der Waals surface area contributed by atoms with Crippen LogP contribution in [0.15, 0.2) is 29.4 Å². The molecule has 1 aromatic carbocycles. The molecule has 19 heavy (non-hydrogen) atoms. The smallest absolute Gasteiger partial charge is 0.244 e. The number of carbonyl (C=O) groups is 2. The Morgan fingerprint density at radius 1 is 1.47 bits per heavy atom. The van der Waals surface area contributed by atoms with Crippen molar-refractivity contribution >= 4 is 45.8 Å². The molecule has 0 unspecified atom stereocenters. The van der Waals surface area contributed by atoms with Gasteiger partial charge in [0.2, 0.25) is 11.8 Å². The van der Waals surface area contributed by atoms with Crippen molar-refractivity contribution < 1.29 is 9.59 Å². The summed E-state index contributed by atoms with van der Waals surface area (Å²) in [4.78, 5) is 23.5. The maximum Gasteiger partial charge on any atom is 0.244 e. The predicted molar refractivity (Wildman–Crippen MR) is 81.8 cm³/mol. The van der Waals surface area contributed by atoms with E-state index in [0.29, 0.717) is 6.42 Å². The molecule has 0 spiro atoms. The van der Waals surface area contributed by atoms with Crippen LogP contribution < -0.4 is 10.7 Å². The van der Waals surface area contributed by atoms with Gasteiger partial charge in [-0.05, 0) is 60.2 Å². The minimum absolute atomic E-state index is 0.156. The second-order valence-electron chi connectivity index (χ2n) is 4.48. The monoisotopic (exact) mass is 371 g/mol. The molecule has 1 aliphatic rings. The molecule has 1 heterocycles. The highest BCUT2D eigenvalue weighted by molar-refractivity contribution is 14.1. The van der Waals surface area contributed by atoms with E-state index in [-0.39, 0.29) is 24.2 Å². The van der Waals surface area contributed by atoms with Crippen LogP contribution in [-0.4, -0.2) is 17.5 Å². The molecule has 6 heteroatoms. The first kappa shape index (κ1) is 14.0. The largest absolute Gasteiger partial charge is 0.326 e. The third-order valence-corrected chi connectivity index (χ3v) is 3.55.